The molecule has 0 aliphatic heterocycles. The SMILES string of the molecule is COc1cc(N=Nc2ccc(S(=O)(=O)O)cc2)c(S(=O)(=O)O)cc1N=Nc1ccc(N=Nc2ccc(O)cc2O)c2ccc(C)cc12. The van der Waals surface area contributed by atoms with Crippen LogP contribution in [0, 0.1) is 6.92 Å². The van der Waals surface area contributed by atoms with E-state index in [2.05, 4.69) is 30.7 Å². The summed E-state index contributed by atoms with van der Waals surface area (Å²) >= 11 is 0. The maximum atomic E-state index is 12.3. The molecule has 0 aromatic heterocycles. The molecule has 5 rings (SSSR count). The Labute approximate surface area is 267 Å². The maximum Gasteiger partial charge on any atom is 0.296 e. The summed E-state index contributed by atoms with van der Waals surface area (Å²) in [5.74, 6) is -0.335. The summed E-state index contributed by atoms with van der Waals surface area (Å²) in [4.78, 5) is -1.03. The summed E-state index contributed by atoms with van der Waals surface area (Å²) in [6.45, 7) is 1.88. The average molecular weight is 677 g/mol. The number of phenols is 2. The number of aryl methyl sites for hydroxylation is 1. The molecular formula is C30H24N6O9S2. The van der Waals surface area contributed by atoms with Crippen molar-refractivity contribution in [3.05, 3.63) is 90.5 Å². The Morgan fingerprint density at radius 2 is 1.17 bits per heavy atom. The summed E-state index contributed by atoms with van der Waals surface area (Å²) < 4.78 is 71.6. The maximum absolute atomic E-state index is 12.3. The van der Waals surface area contributed by atoms with Crippen LogP contribution in [0.4, 0.5) is 34.1 Å². The van der Waals surface area contributed by atoms with Crippen LogP contribution in [0.5, 0.6) is 17.2 Å². The third kappa shape index (κ3) is 7.61. The van der Waals surface area contributed by atoms with Gasteiger partial charge in [0, 0.05) is 22.9 Å². The molecule has 0 amide bonds. The second kappa shape index (κ2) is 13.0. The minimum absolute atomic E-state index is 0.0384. The van der Waals surface area contributed by atoms with Crippen LogP contribution in [0.1, 0.15) is 5.56 Å². The Hall–Kier alpha value is -5.62. The molecule has 0 saturated heterocycles. The van der Waals surface area contributed by atoms with Crippen LogP contribution in [-0.4, -0.2) is 43.3 Å². The van der Waals surface area contributed by atoms with Crippen molar-refractivity contribution in [3.63, 3.8) is 0 Å². The summed E-state index contributed by atoms with van der Waals surface area (Å²) in [7, 11) is -7.98. The molecule has 0 atom stereocenters. The summed E-state index contributed by atoms with van der Waals surface area (Å²) in [5, 5.41) is 45.5. The van der Waals surface area contributed by atoms with Gasteiger partial charge in [-0.25, -0.2) is 0 Å². The lowest BCUT2D eigenvalue weighted by atomic mass is 10.0. The zero-order chi connectivity index (χ0) is 33.9. The number of methoxy groups -OCH3 is 1. The first kappa shape index (κ1) is 32.8. The molecule has 5 aromatic carbocycles. The number of ether oxygens (including phenoxy) is 1. The third-order valence-corrected chi connectivity index (χ3v) is 8.31. The Morgan fingerprint density at radius 3 is 1.79 bits per heavy atom. The van der Waals surface area contributed by atoms with Crippen molar-refractivity contribution in [1.29, 1.82) is 0 Å². The summed E-state index contributed by atoms with van der Waals surface area (Å²) in [6, 6.07) is 19.5. The van der Waals surface area contributed by atoms with E-state index >= 15 is 0 Å². The number of benzene rings is 5. The van der Waals surface area contributed by atoms with Crippen LogP contribution in [-0.2, 0) is 20.2 Å². The van der Waals surface area contributed by atoms with Gasteiger partial charge >= 0.3 is 0 Å². The topological polar surface area (TPSA) is 233 Å². The molecule has 0 fully saturated rings. The van der Waals surface area contributed by atoms with Crippen molar-refractivity contribution >= 4 is 65.1 Å². The standard InChI is InChI=1S/C30H24N6O9S2/c1-17-3-9-21-22(13-17)24(12-11-23(21)32-34-25-10-6-19(37)14-28(25)38)33-35-26-16-30(47(42,43)44)27(15-29(26)45-2)36-31-18-4-7-20(8-5-18)46(39,40)41/h3-16,37-38H,1-2H3,(H,39,40,41)(H,42,43,44). The van der Waals surface area contributed by atoms with E-state index in [1.165, 1.54) is 37.4 Å². The molecule has 15 nitrogen and oxygen atoms in total. The van der Waals surface area contributed by atoms with Crippen molar-refractivity contribution in [2.75, 3.05) is 7.11 Å². The number of nitrogens with zero attached hydrogens (tertiary/aromatic N) is 6. The van der Waals surface area contributed by atoms with Crippen LogP contribution in [0.2, 0.25) is 0 Å². The van der Waals surface area contributed by atoms with E-state index in [-0.39, 0.29) is 44.9 Å². The molecule has 0 aliphatic rings. The fourth-order valence-corrected chi connectivity index (χ4v) is 5.38. The number of hydrogen-bond donors (Lipinski definition) is 4. The van der Waals surface area contributed by atoms with Crippen LogP contribution in [0.15, 0.2) is 125 Å². The largest absolute Gasteiger partial charge is 0.508 e. The molecule has 17 heteroatoms. The molecule has 0 unspecified atom stereocenters. The zero-order valence-corrected chi connectivity index (χ0v) is 26.0. The van der Waals surface area contributed by atoms with Gasteiger partial charge in [0.15, 0.2) is 0 Å². The first-order valence-corrected chi connectivity index (χ1v) is 16.2. The number of hydrogen-bond acceptors (Lipinski definition) is 13. The number of aromatic hydroxyl groups is 2. The smallest absolute Gasteiger partial charge is 0.296 e. The molecule has 0 aliphatic carbocycles. The van der Waals surface area contributed by atoms with Gasteiger partial charge in [-0.2, -0.15) is 21.9 Å². The van der Waals surface area contributed by atoms with E-state index in [1.54, 1.807) is 12.1 Å². The highest BCUT2D eigenvalue weighted by Crippen LogP contribution is 2.41. The van der Waals surface area contributed by atoms with Gasteiger partial charge in [-0.15, -0.1) is 25.6 Å². The highest BCUT2D eigenvalue weighted by Gasteiger charge is 2.20. The number of azo groups is 3. The fraction of sp³-hybridized carbons (Fsp3) is 0.0667. The highest BCUT2D eigenvalue weighted by molar-refractivity contribution is 7.86. The molecule has 0 saturated carbocycles. The predicted octanol–water partition coefficient (Wildman–Crippen LogP) is 8.31. The Balaban J connectivity index is 1.52. The van der Waals surface area contributed by atoms with E-state index in [0.717, 1.165) is 29.8 Å². The van der Waals surface area contributed by atoms with E-state index in [9.17, 15) is 31.6 Å². The van der Waals surface area contributed by atoms with Gasteiger partial charge < -0.3 is 14.9 Å². The molecule has 0 radical (unpaired) electrons. The molecule has 0 bridgehead atoms. The van der Waals surface area contributed by atoms with E-state index in [0.29, 0.717) is 22.1 Å². The van der Waals surface area contributed by atoms with Gasteiger partial charge in [0.1, 0.15) is 39.2 Å². The highest BCUT2D eigenvalue weighted by atomic mass is 32.2. The van der Waals surface area contributed by atoms with E-state index in [4.69, 9.17) is 9.29 Å². The molecule has 4 N–H and O–H groups in total. The second-order valence-corrected chi connectivity index (χ2v) is 12.7. The zero-order valence-electron chi connectivity index (χ0n) is 24.4. The van der Waals surface area contributed by atoms with Gasteiger partial charge in [0.05, 0.1) is 29.1 Å². The monoisotopic (exact) mass is 676 g/mol. The van der Waals surface area contributed by atoms with Crippen molar-refractivity contribution in [1.82, 2.24) is 0 Å². The Kier molecular flexibility index (Phi) is 9.07. The van der Waals surface area contributed by atoms with Crippen LogP contribution in [0.25, 0.3) is 10.8 Å². The summed E-state index contributed by atoms with van der Waals surface area (Å²) in [5.41, 5.74) is 1.61. The second-order valence-electron chi connectivity index (χ2n) is 9.86. The first-order chi connectivity index (χ1) is 22.2. The summed E-state index contributed by atoms with van der Waals surface area (Å²) in [6.07, 6.45) is 0. The van der Waals surface area contributed by atoms with E-state index in [1.807, 2.05) is 25.1 Å². The van der Waals surface area contributed by atoms with Gasteiger partial charge in [-0.3, -0.25) is 9.11 Å². The lowest BCUT2D eigenvalue weighted by Crippen LogP contribution is -1.99. The van der Waals surface area contributed by atoms with Gasteiger partial charge in [0.25, 0.3) is 20.2 Å². The number of fused-ring (bicyclic) bond motifs is 1. The van der Waals surface area contributed by atoms with Crippen molar-refractivity contribution in [3.8, 4) is 17.2 Å². The fourth-order valence-electron chi connectivity index (χ4n) is 4.28. The average Bonchev–Trinajstić information content (AvgIpc) is 3.01. The van der Waals surface area contributed by atoms with E-state index < -0.39 is 25.1 Å². The lowest BCUT2D eigenvalue weighted by Gasteiger charge is -2.09. The number of phenolic OH excluding ortho intramolecular Hbond substituents is 2. The normalized spacial score (nSPS) is 12.5. The van der Waals surface area contributed by atoms with Crippen molar-refractivity contribution < 1.29 is 40.9 Å². The molecule has 47 heavy (non-hydrogen) atoms. The van der Waals surface area contributed by atoms with Crippen LogP contribution in [0.3, 0.4) is 0 Å². The van der Waals surface area contributed by atoms with Crippen LogP contribution < -0.4 is 4.74 Å². The lowest BCUT2D eigenvalue weighted by molar-refractivity contribution is 0.415. The minimum atomic E-state index is -4.85. The first-order valence-electron chi connectivity index (χ1n) is 13.3. The Bertz CT molecular complexity index is 2330. The van der Waals surface area contributed by atoms with Gasteiger partial charge in [-0.05, 0) is 67.6 Å². The number of rotatable bonds is 9. The molecule has 240 valence electrons. The molecule has 0 heterocycles. The third-order valence-electron chi connectivity index (χ3n) is 6.56. The van der Waals surface area contributed by atoms with Crippen molar-refractivity contribution in [2.45, 2.75) is 16.7 Å². The molecule has 5 aromatic rings. The van der Waals surface area contributed by atoms with Gasteiger partial charge in [0.2, 0.25) is 0 Å². The minimum Gasteiger partial charge on any atom is -0.508 e. The Morgan fingerprint density at radius 1 is 0.574 bits per heavy atom. The quantitative estimate of drug-likeness (QED) is 0.0866. The van der Waals surface area contributed by atoms with Crippen LogP contribution >= 0.6 is 0 Å². The molecule has 0 spiro atoms. The predicted molar refractivity (Wildman–Crippen MR) is 170 cm³/mol. The van der Waals surface area contributed by atoms with Gasteiger partial charge in [-0.1, -0.05) is 17.7 Å². The molecular weight excluding hydrogens is 652 g/mol. The van der Waals surface area contributed by atoms with Crippen molar-refractivity contribution in [2.24, 2.45) is 30.7 Å².